The van der Waals surface area contributed by atoms with Gasteiger partial charge in [0.1, 0.15) is 5.75 Å². The molecule has 0 saturated carbocycles. The topological polar surface area (TPSA) is 73.6 Å². The second-order valence-corrected chi connectivity index (χ2v) is 4.94. The molecule has 1 amide bonds. The average molecular weight is 290 g/mol. The van der Waals surface area contributed by atoms with Crippen LogP contribution in [-0.4, -0.2) is 42.2 Å². The van der Waals surface area contributed by atoms with Gasteiger partial charge in [-0.2, -0.15) is 5.26 Å². The molecule has 0 fully saturated rings. The Hall–Kier alpha value is -2.06. The van der Waals surface area contributed by atoms with E-state index in [1.54, 1.807) is 43.1 Å². The van der Waals surface area contributed by atoms with Gasteiger partial charge in [0.25, 0.3) is 5.91 Å². The third kappa shape index (κ3) is 5.84. The first-order chi connectivity index (χ1) is 10.1. The van der Waals surface area contributed by atoms with Crippen LogP contribution in [0.3, 0.4) is 0 Å². The van der Waals surface area contributed by atoms with Gasteiger partial charge < -0.3 is 14.7 Å². The average Bonchev–Trinajstić information content (AvgIpc) is 2.51. The SMILES string of the molecule is CC(Oc1ccc(C#N)cc1)C(=O)N(C)CCCCCO. The predicted octanol–water partition coefficient (Wildman–Crippen LogP) is 1.95. The lowest BCUT2D eigenvalue weighted by Crippen LogP contribution is -2.38. The Balaban J connectivity index is 2.44. The number of unbranched alkanes of at least 4 members (excludes halogenated alkanes) is 2. The number of hydrogen-bond acceptors (Lipinski definition) is 4. The maximum Gasteiger partial charge on any atom is 0.263 e. The lowest BCUT2D eigenvalue weighted by molar-refractivity contribution is -0.136. The lowest BCUT2D eigenvalue weighted by atomic mass is 10.2. The molecule has 0 spiro atoms. The molecule has 114 valence electrons. The Morgan fingerprint density at radius 1 is 1.33 bits per heavy atom. The van der Waals surface area contributed by atoms with Crippen molar-refractivity contribution in [2.75, 3.05) is 20.2 Å². The van der Waals surface area contributed by atoms with E-state index in [9.17, 15) is 4.79 Å². The summed E-state index contributed by atoms with van der Waals surface area (Å²) in [6.45, 7) is 2.56. The van der Waals surface area contributed by atoms with Crippen LogP contribution >= 0.6 is 0 Å². The normalized spacial score (nSPS) is 11.5. The molecule has 0 bridgehead atoms. The number of amides is 1. The van der Waals surface area contributed by atoms with Crippen LogP contribution < -0.4 is 4.74 Å². The third-order valence-electron chi connectivity index (χ3n) is 3.17. The summed E-state index contributed by atoms with van der Waals surface area (Å²) in [5.41, 5.74) is 0.558. The van der Waals surface area contributed by atoms with E-state index in [4.69, 9.17) is 15.1 Å². The number of hydrogen-bond donors (Lipinski definition) is 1. The number of aliphatic hydroxyl groups is 1. The largest absolute Gasteiger partial charge is 0.481 e. The third-order valence-corrected chi connectivity index (χ3v) is 3.17. The highest BCUT2D eigenvalue weighted by Gasteiger charge is 2.18. The van der Waals surface area contributed by atoms with E-state index in [1.807, 2.05) is 6.07 Å². The molecule has 1 rings (SSSR count). The monoisotopic (exact) mass is 290 g/mol. The van der Waals surface area contributed by atoms with Gasteiger partial charge >= 0.3 is 0 Å². The van der Waals surface area contributed by atoms with Gasteiger partial charge in [0.05, 0.1) is 11.6 Å². The van der Waals surface area contributed by atoms with Crippen LogP contribution in [0.15, 0.2) is 24.3 Å². The van der Waals surface area contributed by atoms with Crippen molar-refractivity contribution in [2.24, 2.45) is 0 Å². The zero-order chi connectivity index (χ0) is 15.7. The van der Waals surface area contributed by atoms with E-state index in [1.165, 1.54) is 0 Å². The van der Waals surface area contributed by atoms with Crippen LogP contribution in [-0.2, 0) is 4.79 Å². The van der Waals surface area contributed by atoms with E-state index in [0.29, 0.717) is 17.9 Å². The fourth-order valence-electron chi connectivity index (χ4n) is 1.92. The number of benzene rings is 1. The molecule has 0 aliphatic heterocycles. The fourth-order valence-corrected chi connectivity index (χ4v) is 1.92. The van der Waals surface area contributed by atoms with Crippen molar-refractivity contribution in [3.63, 3.8) is 0 Å². The highest BCUT2D eigenvalue weighted by atomic mass is 16.5. The zero-order valence-corrected chi connectivity index (χ0v) is 12.6. The molecule has 21 heavy (non-hydrogen) atoms. The summed E-state index contributed by atoms with van der Waals surface area (Å²) >= 11 is 0. The molecular formula is C16H22N2O3. The van der Waals surface area contributed by atoms with Crippen molar-refractivity contribution in [1.29, 1.82) is 5.26 Å². The van der Waals surface area contributed by atoms with Crippen LogP contribution in [0.1, 0.15) is 31.7 Å². The summed E-state index contributed by atoms with van der Waals surface area (Å²) in [7, 11) is 1.75. The first-order valence-electron chi connectivity index (χ1n) is 7.11. The molecule has 1 atom stereocenters. The van der Waals surface area contributed by atoms with Gasteiger partial charge in [-0.1, -0.05) is 0 Å². The Morgan fingerprint density at radius 3 is 2.57 bits per heavy atom. The second-order valence-electron chi connectivity index (χ2n) is 4.94. The maximum atomic E-state index is 12.1. The molecular weight excluding hydrogens is 268 g/mol. The smallest absolute Gasteiger partial charge is 0.263 e. The van der Waals surface area contributed by atoms with Crippen LogP contribution in [0, 0.1) is 11.3 Å². The molecule has 5 heteroatoms. The molecule has 0 aliphatic carbocycles. The van der Waals surface area contributed by atoms with E-state index in [-0.39, 0.29) is 12.5 Å². The van der Waals surface area contributed by atoms with Gasteiger partial charge in [0.2, 0.25) is 0 Å². The number of ether oxygens (including phenoxy) is 1. The van der Waals surface area contributed by atoms with E-state index in [2.05, 4.69) is 0 Å². The Labute approximate surface area is 125 Å². The molecule has 1 unspecified atom stereocenters. The van der Waals surface area contributed by atoms with Gasteiger partial charge in [-0.3, -0.25) is 4.79 Å². The van der Waals surface area contributed by atoms with Crippen molar-refractivity contribution in [1.82, 2.24) is 4.90 Å². The van der Waals surface area contributed by atoms with Crippen LogP contribution in [0.2, 0.25) is 0 Å². The van der Waals surface area contributed by atoms with E-state index < -0.39 is 6.10 Å². The quantitative estimate of drug-likeness (QED) is 0.743. The van der Waals surface area contributed by atoms with Crippen LogP contribution in [0.25, 0.3) is 0 Å². The molecule has 0 saturated heterocycles. The number of carbonyl (C=O) groups is 1. The van der Waals surface area contributed by atoms with E-state index in [0.717, 1.165) is 19.3 Å². The van der Waals surface area contributed by atoms with Crippen LogP contribution in [0.4, 0.5) is 0 Å². The van der Waals surface area contributed by atoms with Crippen molar-refractivity contribution < 1.29 is 14.6 Å². The fraction of sp³-hybridized carbons (Fsp3) is 0.500. The summed E-state index contributed by atoms with van der Waals surface area (Å²) < 4.78 is 5.58. The minimum absolute atomic E-state index is 0.0802. The van der Waals surface area contributed by atoms with Crippen molar-refractivity contribution in [3.8, 4) is 11.8 Å². The summed E-state index contributed by atoms with van der Waals surface area (Å²) in [6, 6.07) is 8.72. The van der Waals surface area contributed by atoms with Crippen molar-refractivity contribution in [2.45, 2.75) is 32.3 Å². The molecule has 1 aromatic carbocycles. The second kappa shape index (κ2) is 8.98. The minimum Gasteiger partial charge on any atom is -0.481 e. The zero-order valence-electron chi connectivity index (χ0n) is 12.6. The van der Waals surface area contributed by atoms with Crippen molar-refractivity contribution >= 4 is 5.91 Å². The molecule has 0 heterocycles. The predicted molar refractivity (Wildman–Crippen MR) is 79.8 cm³/mol. The number of nitrogens with zero attached hydrogens (tertiary/aromatic N) is 2. The molecule has 0 radical (unpaired) electrons. The molecule has 0 aliphatic rings. The molecule has 5 nitrogen and oxygen atoms in total. The molecule has 1 N–H and O–H groups in total. The first kappa shape index (κ1) is 17.0. The Kier molecular flexibility index (Phi) is 7.27. The first-order valence-corrected chi connectivity index (χ1v) is 7.11. The maximum absolute atomic E-state index is 12.1. The standard InChI is InChI=1S/C16H22N2O3/c1-13(16(20)18(2)10-4-3-5-11-19)21-15-8-6-14(12-17)7-9-15/h6-9,13,19H,3-5,10-11H2,1-2H3. The Morgan fingerprint density at radius 2 is 2.00 bits per heavy atom. The number of likely N-dealkylation sites (N-methyl/N-ethyl adjacent to an activating group) is 1. The number of rotatable bonds is 8. The van der Waals surface area contributed by atoms with Gasteiger partial charge in [0, 0.05) is 20.2 Å². The molecule has 0 aromatic heterocycles. The van der Waals surface area contributed by atoms with Crippen LogP contribution in [0.5, 0.6) is 5.75 Å². The summed E-state index contributed by atoms with van der Waals surface area (Å²) in [4.78, 5) is 13.8. The highest BCUT2D eigenvalue weighted by Crippen LogP contribution is 2.14. The summed E-state index contributed by atoms with van der Waals surface area (Å²) in [6.07, 6.45) is 1.96. The minimum atomic E-state index is -0.569. The van der Waals surface area contributed by atoms with Crippen molar-refractivity contribution in [3.05, 3.63) is 29.8 Å². The lowest BCUT2D eigenvalue weighted by Gasteiger charge is -2.22. The number of aliphatic hydroxyl groups excluding tert-OH is 1. The van der Waals surface area contributed by atoms with Gasteiger partial charge in [-0.05, 0) is 50.5 Å². The summed E-state index contributed by atoms with van der Waals surface area (Å²) in [5.74, 6) is 0.492. The van der Waals surface area contributed by atoms with Gasteiger partial charge in [-0.15, -0.1) is 0 Å². The summed E-state index contributed by atoms with van der Waals surface area (Å²) in [5, 5.41) is 17.4. The number of nitriles is 1. The molecule has 1 aromatic rings. The highest BCUT2D eigenvalue weighted by molar-refractivity contribution is 5.80. The van der Waals surface area contributed by atoms with Gasteiger partial charge in [0.15, 0.2) is 6.10 Å². The van der Waals surface area contributed by atoms with Gasteiger partial charge in [-0.25, -0.2) is 0 Å². The van der Waals surface area contributed by atoms with E-state index >= 15 is 0 Å². The Bertz CT molecular complexity index is 479. The number of carbonyl (C=O) groups excluding carboxylic acids is 1.